The van der Waals surface area contributed by atoms with E-state index in [1.54, 1.807) is 24.3 Å². The fraction of sp³-hybridized carbons (Fsp3) is 0.0556. The summed E-state index contributed by atoms with van der Waals surface area (Å²) in [5.41, 5.74) is 1.83. The van der Waals surface area contributed by atoms with E-state index in [0.717, 1.165) is 5.69 Å². The molecule has 1 aromatic heterocycles. The molecule has 120 valence electrons. The van der Waals surface area contributed by atoms with Crippen LogP contribution in [0.4, 0.5) is 0 Å². The van der Waals surface area contributed by atoms with E-state index in [1.165, 1.54) is 17.8 Å². The molecule has 3 rings (SSSR count). The van der Waals surface area contributed by atoms with Crippen LogP contribution in [-0.4, -0.2) is 26.8 Å². The standard InChI is InChI=1S/C18H14N2O4/c1-12(21)24-15-9-7-13(8-10-15)17-16(18(22)23)11-20(19-17)14-5-3-2-4-6-14/h2-11H,1H3,(H,22,23). The van der Waals surface area contributed by atoms with Gasteiger partial charge in [0.2, 0.25) is 0 Å². The topological polar surface area (TPSA) is 81.4 Å². The summed E-state index contributed by atoms with van der Waals surface area (Å²) in [7, 11) is 0. The first-order valence-electron chi connectivity index (χ1n) is 7.22. The Morgan fingerprint density at radius 1 is 1.04 bits per heavy atom. The molecule has 6 heteroatoms. The Balaban J connectivity index is 2.02. The summed E-state index contributed by atoms with van der Waals surface area (Å²) < 4.78 is 6.50. The lowest BCUT2D eigenvalue weighted by atomic mass is 10.1. The van der Waals surface area contributed by atoms with Crippen molar-refractivity contribution in [3.05, 3.63) is 66.4 Å². The van der Waals surface area contributed by atoms with Crippen LogP contribution < -0.4 is 4.74 Å². The number of carboxylic acids is 1. The fourth-order valence-electron chi connectivity index (χ4n) is 2.30. The van der Waals surface area contributed by atoms with E-state index in [1.807, 2.05) is 30.3 Å². The van der Waals surface area contributed by atoms with Gasteiger partial charge in [0.25, 0.3) is 0 Å². The van der Waals surface area contributed by atoms with Crippen LogP contribution in [0.3, 0.4) is 0 Å². The molecular formula is C18H14N2O4. The number of hydrogen-bond acceptors (Lipinski definition) is 4. The maximum atomic E-state index is 11.5. The van der Waals surface area contributed by atoms with Crippen molar-refractivity contribution >= 4 is 11.9 Å². The van der Waals surface area contributed by atoms with E-state index >= 15 is 0 Å². The van der Waals surface area contributed by atoms with Gasteiger partial charge in [0.1, 0.15) is 17.0 Å². The van der Waals surface area contributed by atoms with Crippen LogP contribution in [0.25, 0.3) is 16.9 Å². The number of rotatable bonds is 4. The molecule has 0 bridgehead atoms. The van der Waals surface area contributed by atoms with Gasteiger partial charge in [0.15, 0.2) is 0 Å². The zero-order valence-corrected chi connectivity index (χ0v) is 12.8. The molecule has 0 aliphatic carbocycles. The van der Waals surface area contributed by atoms with Crippen molar-refractivity contribution in [2.24, 2.45) is 0 Å². The average molecular weight is 322 g/mol. The minimum Gasteiger partial charge on any atom is -0.478 e. The van der Waals surface area contributed by atoms with E-state index in [2.05, 4.69) is 5.10 Å². The van der Waals surface area contributed by atoms with E-state index in [0.29, 0.717) is 17.0 Å². The number of para-hydroxylation sites is 1. The second kappa shape index (κ2) is 6.37. The molecule has 0 unspecified atom stereocenters. The van der Waals surface area contributed by atoms with Gasteiger partial charge in [-0.3, -0.25) is 4.79 Å². The number of carbonyl (C=O) groups is 2. The highest BCUT2D eigenvalue weighted by Gasteiger charge is 2.18. The molecular weight excluding hydrogens is 308 g/mol. The lowest BCUT2D eigenvalue weighted by Gasteiger charge is -2.03. The molecule has 1 heterocycles. The van der Waals surface area contributed by atoms with Crippen molar-refractivity contribution in [2.45, 2.75) is 6.92 Å². The Labute approximate surface area is 137 Å². The van der Waals surface area contributed by atoms with Gasteiger partial charge in [0, 0.05) is 18.7 Å². The summed E-state index contributed by atoms with van der Waals surface area (Å²) in [6, 6.07) is 15.8. The number of aromatic carboxylic acids is 1. The zero-order valence-electron chi connectivity index (χ0n) is 12.8. The van der Waals surface area contributed by atoms with E-state index in [9.17, 15) is 14.7 Å². The van der Waals surface area contributed by atoms with Crippen molar-refractivity contribution in [2.75, 3.05) is 0 Å². The summed E-state index contributed by atoms with van der Waals surface area (Å²) >= 11 is 0. The number of hydrogen-bond donors (Lipinski definition) is 1. The Kier molecular flexibility index (Phi) is 4.11. The number of aromatic nitrogens is 2. The summed E-state index contributed by atoms with van der Waals surface area (Å²) in [6.45, 7) is 1.32. The molecule has 0 spiro atoms. The van der Waals surface area contributed by atoms with Crippen LogP contribution in [0, 0.1) is 0 Å². The van der Waals surface area contributed by atoms with Crippen LogP contribution in [-0.2, 0) is 4.79 Å². The number of carbonyl (C=O) groups excluding carboxylic acids is 1. The summed E-state index contributed by atoms with van der Waals surface area (Å²) in [5, 5.41) is 13.8. The van der Waals surface area contributed by atoms with E-state index in [4.69, 9.17) is 4.74 Å². The number of nitrogens with zero attached hydrogens (tertiary/aromatic N) is 2. The molecule has 0 amide bonds. The van der Waals surface area contributed by atoms with Crippen molar-refractivity contribution in [3.63, 3.8) is 0 Å². The number of ether oxygens (including phenoxy) is 1. The quantitative estimate of drug-likeness (QED) is 0.589. The molecule has 0 aliphatic heterocycles. The summed E-state index contributed by atoms with van der Waals surface area (Å²) in [5.74, 6) is -1.08. The molecule has 2 aromatic carbocycles. The third-order valence-corrected chi connectivity index (χ3v) is 3.35. The summed E-state index contributed by atoms with van der Waals surface area (Å²) in [6.07, 6.45) is 1.48. The largest absolute Gasteiger partial charge is 0.478 e. The van der Waals surface area contributed by atoms with Crippen LogP contribution in [0.5, 0.6) is 5.75 Å². The van der Waals surface area contributed by atoms with Gasteiger partial charge in [-0.15, -0.1) is 0 Å². The van der Waals surface area contributed by atoms with Gasteiger partial charge < -0.3 is 9.84 Å². The second-order valence-corrected chi connectivity index (χ2v) is 5.09. The minimum atomic E-state index is -1.06. The molecule has 0 radical (unpaired) electrons. The normalized spacial score (nSPS) is 10.4. The predicted octanol–water partition coefficient (Wildman–Crippen LogP) is 3.16. The number of esters is 1. The molecule has 3 aromatic rings. The lowest BCUT2D eigenvalue weighted by Crippen LogP contribution is -2.01. The molecule has 24 heavy (non-hydrogen) atoms. The first-order chi connectivity index (χ1) is 11.5. The van der Waals surface area contributed by atoms with Gasteiger partial charge in [-0.05, 0) is 36.4 Å². The van der Waals surface area contributed by atoms with Gasteiger partial charge in [-0.2, -0.15) is 5.10 Å². The first kappa shape index (κ1) is 15.5. The molecule has 1 N–H and O–H groups in total. The monoisotopic (exact) mass is 322 g/mol. The maximum Gasteiger partial charge on any atom is 0.339 e. The highest BCUT2D eigenvalue weighted by atomic mass is 16.5. The third kappa shape index (κ3) is 3.17. The zero-order chi connectivity index (χ0) is 17.1. The van der Waals surface area contributed by atoms with E-state index < -0.39 is 11.9 Å². The minimum absolute atomic E-state index is 0.0964. The van der Waals surface area contributed by atoms with Crippen LogP contribution in [0.2, 0.25) is 0 Å². The maximum absolute atomic E-state index is 11.5. The Bertz CT molecular complexity index is 883. The van der Waals surface area contributed by atoms with Crippen LogP contribution in [0.1, 0.15) is 17.3 Å². The number of benzene rings is 2. The van der Waals surface area contributed by atoms with Gasteiger partial charge in [-0.1, -0.05) is 18.2 Å². The molecule has 0 fully saturated rings. The molecule has 6 nitrogen and oxygen atoms in total. The Morgan fingerprint density at radius 2 is 1.71 bits per heavy atom. The first-order valence-corrected chi connectivity index (χ1v) is 7.22. The van der Waals surface area contributed by atoms with Crippen LogP contribution in [0.15, 0.2) is 60.8 Å². The fourth-order valence-corrected chi connectivity index (χ4v) is 2.30. The Morgan fingerprint density at radius 3 is 2.29 bits per heavy atom. The van der Waals surface area contributed by atoms with Gasteiger partial charge >= 0.3 is 11.9 Å². The van der Waals surface area contributed by atoms with Crippen molar-refractivity contribution in [1.82, 2.24) is 9.78 Å². The highest BCUT2D eigenvalue weighted by molar-refractivity contribution is 5.94. The smallest absolute Gasteiger partial charge is 0.339 e. The summed E-state index contributed by atoms with van der Waals surface area (Å²) in [4.78, 5) is 22.5. The molecule has 0 saturated carbocycles. The third-order valence-electron chi connectivity index (χ3n) is 3.35. The van der Waals surface area contributed by atoms with Crippen LogP contribution >= 0.6 is 0 Å². The number of carboxylic acid groups (broad SMARTS) is 1. The van der Waals surface area contributed by atoms with Crippen molar-refractivity contribution < 1.29 is 19.4 Å². The SMILES string of the molecule is CC(=O)Oc1ccc(-c2nn(-c3ccccc3)cc2C(=O)O)cc1. The average Bonchev–Trinajstić information content (AvgIpc) is 3.01. The van der Waals surface area contributed by atoms with Gasteiger partial charge in [-0.25, -0.2) is 9.48 Å². The highest BCUT2D eigenvalue weighted by Crippen LogP contribution is 2.26. The van der Waals surface area contributed by atoms with Crippen molar-refractivity contribution in [3.8, 4) is 22.7 Å². The van der Waals surface area contributed by atoms with Gasteiger partial charge in [0.05, 0.1) is 5.69 Å². The molecule has 0 saturated heterocycles. The predicted molar refractivity (Wildman–Crippen MR) is 87.3 cm³/mol. The molecule has 0 aliphatic rings. The van der Waals surface area contributed by atoms with E-state index in [-0.39, 0.29) is 5.56 Å². The Hall–Kier alpha value is -3.41. The van der Waals surface area contributed by atoms with Crippen molar-refractivity contribution in [1.29, 1.82) is 0 Å². The lowest BCUT2D eigenvalue weighted by molar-refractivity contribution is -0.131. The molecule has 0 atom stereocenters. The second-order valence-electron chi connectivity index (χ2n) is 5.09.